The van der Waals surface area contributed by atoms with Crippen molar-refractivity contribution in [2.24, 2.45) is 0 Å². The van der Waals surface area contributed by atoms with Crippen molar-refractivity contribution >= 4 is 10.3 Å². The van der Waals surface area contributed by atoms with E-state index in [4.69, 9.17) is 10.2 Å². The van der Waals surface area contributed by atoms with E-state index in [1.54, 1.807) is 0 Å². The molecule has 7 heteroatoms. The van der Waals surface area contributed by atoms with Gasteiger partial charge < -0.3 is 10.2 Å². The predicted molar refractivity (Wildman–Crippen MR) is 120 cm³/mol. The molecule has 0 aliphatic rings. The molecule has 0 fully saturated rings. The molecule has 0 bridgehead atoms. The van der Waals surface area contributed by atoms with Gasteiger partial charge in [0.15, 0.2) is 0 Å². The first-order valence-electron chi connectivity index (χ1n) is 12.0. The van der Waals surface area contributed by atoms with E-state index in [0.29, 0.717) is 6.42 Å². The van der Waals surface area contributed by atoms with Gasteiger partial charge in [-0.05, 0) is 12.8 Å². The third-order valence-corrected chi connectivity index (χ3v) is 7.45. The smallest absolute Gasteiger partial charge is 0.390 e. The number of aliphatic hydroxyl groups excluding tert-OH is 2. The van der Waals surface area contributed by atoms with E-state index in [2.05, 4.69) is 6.92 Å². The summed E-state index contributed by atoms with van der Waals surface area (Å²) in [6.45, 7) is 1.65. The second kappa shape index (κ2) is 18.6. The van der Waals surface area contributed by atoms with E-state index in [0.717, 1.165) is 19.3 Å². The van der Waals surface area contributed by atoms with Crippen LogP contribution in [-0.4, -0.2) is 59.9 Å². The zero-order valence-corrected chi connectivity index (χ0v) is 19.7. The molecule has 176 valence electrons. The van der Waals surface area contributed by atoms with Crippen molar-refractivity contribution in [2.45, 2.75) is 110 Å². The normalized spacial score (nSPS) is 12.6. The number of unbranched alkanes of at least 4 members (excludes halogenated alkanes) is 15. The Balaban J connectivity index is 3.64. The zero-order chi connectivity index (χ0) is 21.8. The van der Waals surface area contributed by atoms with Gasteiger partial charge in [-0.25, -0.2) is 4.55 Å². The number of hydrogen-bond donors (Lipinski definition) is 3. The van der Waals surface area contributed by atoms with Crippen LogP contribution in [0.25, 0.3) is 0 Å². The third kappa shape index (κ3) is 14.4. The molecular weight excluding hydrogens is 390 g/mol. The summed E-state index contributed by atoms with van der Waals surface area (Å²) in [5, 5.41) is 18.3. The van der Waals surface area contributed by atoms with Crippen LogP contribution >= 0.6 is 0 Å². The average Bonchev–Trinajstić information content (AvgIpc) is 2.67. The number of hydrogen-bond acceptors (Lipinski definition) is 4. The van der Waals surface area contributed by atoms with E-state index in [-0.39, 0.29) is 32.8 Å². The summed E-state index contributed by atoms with van der Waals surface area (Å²) in [7, 11) is -4.35. The van der Waals surface area contributed by atoms with E-state index < -0.39 is 14.2 Å². The molecule has 0 heterocycles. The van der Waals surface area contributed by atoms with Gasteiger partial charge in [-0.15, -0.1) is 8.42 Å². The van der Waals surface area contributed by atoms with Crippen molar-refractivity contribution in [3.05, 3.63) is 0 Å². The molecule has 0 radical (unpaired) electrons. The number of nitrogens with zero attached hydrogens (tertiary/aromatic N) is 1. The van der Waals surface area contributed by atoms with Crippen molar-refractivity contribution < 1.29 is 27.1 Å². The van der Waals surface area contributed by atoms with Gasteiger partial charge in [-0.1, -0.05) is 96.8 Å². The second-order valence-corrected chi connectivity index (χ2v) is 10.1. The first kappa shape index (κ1) is 28.8. The molecular formula is C22H48NO5S+. The Hall–Kier alpha value is -0.210. The van der Waals surface area contributed by atoms with Crippen LogP contribution in [0.5, 0.6) is 0 Å². The number of aliphatic hydroxyl groups is 2. The molecule has 0 aromatic carbocycles. The van der Waals surface area contributed by atoms with E-state index in [1.165, 1.54) is 77.0 Å². The minimum atomic E-state index is -4.35. The largest absolute Gasteiger partial charge is 0.433 e. The highest BCUT2D eigenvalue weighted by Gasteiger charge is 2.39. The lowest BCUT2D eigenvalue weighted by molar-refractivity contribution is -0.812. The quantitative estimate of drug-likeness (QED) is 0.128. The average molecular weight is 439 g/mol. The Morgan fingerprint density at radius 3 is 1.14 bits per heavy atom. The van der Waals surface area contributed by atoms with Crippen LogP contribution in [0.2, 0.25) is 0 Å². The Morgan fingerprint density at radius 2 is 0.862 bits per heavy atom. The van der Waals surface area contributed by atoms with Crippen LogP contribution in [0.4, 0.5) is 0 Å². The molecule has 29 heavy (non-hydrogen) atoms. The standard InChI is InChI=1S/C22H47NO5S/c1-2-3-4-5-6-7-8-9-10-11-12-13-14-15-16-17-18-23(19-21-24,20-22-25)29(26,27)28/h24-25H,2-22H2,1H3/p+1. The second-order valence-electron chi connectivity index (χ2n) is 8.43. The minimum Gasteiger partial charge on any atom is -0.390 e. The predicted octanol–water partition coefficient (Wildman–Crippen LogP) is 4.85. The van der Waals surface area contributed by atoms with Crippen LogP contribution in [0.3, 0.4) is 0 Å². The highest BCUT2D eigenvalue weighted by atomic mass is 32.2. The van der Waals surface area contributed by atoms with Crippen molar-refractivity contribution in [3.8, 4) is 0 Å². The molecule has 0 aliphatic heterocycles. The monoisotopic (exact) mass is 438 g/mol. The van der Waals surface area contributed by atoms with Gasteiger partial charge in [0.25, 0.3) is 0 Å². The van der Waals surface area contributed by atoms with E-state index in [1.807, 2.05) is 0 Å². The lowest BCUT2D eigenvalue weighted by Crippen LogP contribution is -2.56. The van der Waals surface area contributed by atoms with Gasteiger partial charge in [-0.3, -0.25) is 0 Å². The van der Waals surface area contributed by atoms with Gasteiger partial charge in [-0.2, -0.15) is 3.89 Å². The molecule has 0 rings (SSSR count). The molecule has 0 atom stereocenters. The van der Waals surface area contributed by atoms with Crippen LogP contribution in [0, 0.1) is 0 Å². The van der Waals surface area contributed by atoms with Crippen molar-refractivity contribution in [2.75, 3.05) is 32.8 Å². The molecule has 0 spiro atoms. The summed E-state index contributed by atoms with van der Waals surface area (Å²) < 4.78 is 32.4. The summed E-state index contributed by atoms with van der Waals surface area (Å²) in [5.41, 5.74) is 0. The maximum Gasteiger partial charge on any atom is 0.433 e. The van der Waals surface area contributed by atoms with Crippen LogP contribution in [0.15, 0.2) is 0 Å². The molecule has 3 N–H and O–H groups in total. The molecule has 0 saturated carbocycles. The Bertz CT molecular complexity index is 450. The van der Waals surface area contributed by atoms with E-state index >= 15 is 0 Å². The van der Waals surface area contributed by atoms with Gasteiger partial charge in [0.05, 0.1) is 19.8 Å². The molecule has 0 saturated heterocycles. The van der Waals surface area contributed by atoms with Crippen molar-refractivity contribution in [1.82, 2.24) is 0 Å². The van der Waals surface area contributed by atoms with Crippen LogP contribution in [-0.2, 0) is 10.3 Å². The van der Waals surface area contributed by atoms with Gasteiger partial charge >= 0.3 is 10.3 Å². The molecule has 0 aliphatic carbocycles. The molecule has 0 amide bonds. The summed E-state index contributed by atoms with van der Waals surface area (Å²) in [4.78, 5) is 0. The zero-order valence-electron chi connectivity index (χ0n) is 18.9. The fraction of sp³-hybridized carbons (Fsp3) is 1.00. The fourth-order valence-corrected chi connectivity index (χ4v) is 4.98. The first-order valence-corrected chi connectivity index (χ1v) is 13.4. The fourth-order valence-electron chi connectivity index (χ4n) is 3.99. The Morgan fingerprint density at radius 1 is 0.552 bits per heavy atom. The van der Waals surface area contributed by atoms with Gasteiger partial charge in [0, 0.05) is 0 Å². The number of rotatable bonds is 22. The maximum absolute atomic E-state index is 11.7. The molecule has 0 unspecified atom stereocenters. The van der Waals surface area contributed by atoms with Crippen molar-refractivity contribution in [3.63, 3.8) is 0 Å². The van der Waals surface area contributed by atoms with Crippen LogP contribution in [0.1, 0.15) is 110 Å². The number of quaternary nitrogens is 1. The molecule has 0 aromatic heterocycles. The highest BCUT2D eigenvalue weighted by molar-refractivity contribution is 7.80. The summed E-state index contributed by atoms with van der Waals surface area (Å²) in [6, 6.07) is 0. The molecule has 6 nitrogen and oxygen atoms in total. The summed E-state index contributed by atoms with van der Waals surface area (Å²) in [6.07, 6.45) is 20.0. The van der Waals surface area contributed by atoms with Crippen LogP contribution < -0.4 is 0 Å². The summed E-state index contributed by atoms with van der Waals surface area (Å²) >= 11 is 0. The van der Waals surface area contributed by atoms with Gasteiger partial charge in [0.1, 0.15) is 13.1 Å². The van der Waals surface area contributed by atoms with Crippen molar-refractivity contribution in [1.29, 1.82) is 0 Å². The summed E-state index contributed by atoms with van der Waals surface area (Å²) in [5.74, 6) is 0. The van der Waals surface area contributed by atoms with Gasteiger partial charge in [0.2, 0.25) is 0 Å². The minimum absolute atomic E-state index is 0.0852. The highest BCUT2D eigenvalue weighted by Crippen LogP contribution is 2.18. The first-order chi connectivity index (χ1) is 13.9. The lowest BCUT2D eigenvalue weighted by Gasteiger charge is -2.32. The third-order valence-electron chi connectivity index (χ3n) is 5.92. The molecule has 0 aromatic rings. The maximum atomic E-state index is 11.7. The topological polar surface area (TPSA) is 94.8 Å². The van der Waals surface area contributed by atoms with E-state index in [9.17, 15) is 13.0 Å². The SMILES string of the molecule is CCCCCCCCCCCCCCCCCC[N+](CCO)(CCO)S(=O)(=O)O. The Labute approximate surface area is 180 Å². The Kier molecular flexibility index (Phi) is 18.4. The lowest BCUT2D eigenvalue weighted by atomic mass is 10.0.